The Morgan fingerprint density at radius 1 is 1.48 bits per heavy atom. The molecule has 2 heterocycles. The van der Waals surface area contributed by atoms with E-state index in [1.807, 2.05) is 11.8 Å². The van der Waals surface area contributed by atoms with E-state index in [-0.39, 0.29) is 0 Å². The van der Waals surface area contributed by atoms with Crippen LogP contribution in [0.5, 0.6) is 0 Å². The van der Waals surface area contributed by atoms with Gasteiger partial charge in [-0.25, -0.2) is 4.98 Å². The van der Waals surface area contributed by atoms with Gasteiger partial charge in [0.25, 0.3) is 0 Å². The highest BCUT2D eigenvalue weighted by atomic mass is 32.2. The van der Waals surface area contributed by atoms with Crippen LogP contribution in [0.2, 0.25) is 0 Å². The second-order valence-electron chi connectivity index (χ2n) is 5.55. The number of thiazole rings is 1. The summed E-state index contributed by atoms with van der Waals surface area (Å²) >= 11 is 3.65. The van der Waals surface area contributed by atoms with Crippen molar-refractivity contribution >= 4 is 28.1 Å². The number of imidazole rings is 1. The zero-order valence-electron chi connectivity index (χ0n) is 12.5. The number of nitrogens with zero attached hydrogens (tertiary/aromatic N) is 2. The molecule has 3 rings (SSSR count). The molecular formula is C15H23N3OS2. The van der Waals surface area contributed by atoms with Crippen molar-refractivity contribution in [2.45, 2.75) is 37.3 Å². The molecule has 0 spiro atoms. The summed E-state index contributed by atoms with van der Waals surface area (Å²) in [6.45, 7) is 2.48. The third kappa shape index (κ3) is 3.80. The third-order valence-electron chi connectivity index (χ3n) is 4.03. The van der Waals surface area contributed by atoms with Crippen LogP contribution >= 0.6 is 23.1 Å². The largest absolute Gasteiger partial charge is 0.383 e. The number of methoxy groups -OCH3 is 1. The van der Waals surface area contributed by atoms with E-state index in [0.717, 1.165) is 30.6 Å². The van der Waals surface area contributed by atoms with Gasteiger partial charge in [0.2, 0.25) is 0 Å². The summed E-state index contributed by atoms with van der Waals surface area (Å²) in [6, 6.07) is 0. The molecule has 6 heteroatoms. The van der Waals surface area contributed by atoms with E-state index in [0.29, 0.717) is 0 Å². The topological polar surface area (TPSA) is 38.6 Å². The average Bonchev–Trinajstić information content (AvgIpc) is 3.19. The molecule has 2 aromatic heterocycles. The molecule has 2 aromatic rings. The summed E-state index contributed by atoms with van der Waals surface area (Å²) in [5.74, 6) is 2.11. The third-order valence-corrected chi connectivity index (χ3v) is 6.03. The molecule has 4 nitrogen and oxygen atoms in total. The fourth-order valence-electron chi connectivity index (χ4n) is 2.84. The van der Waals surface area contributed by atoms with E-state index in [1.54, 1.807) is 18.4 Å². The first-order valence-electron chi connectivity index (χ1n) is 7.65. The Labute approximate surface area is 134 Å². The van der Waals surface area contributed by atoms with Crippen LogP contribution in [0, 0.1) is 5.92 Å². The maximum absolute atomic E-state index is 5.09. The summed E-state index contributed by atoms with van der Waals surface area (Å²) in [5.41, 5.74) is 1.30. The van der Waals surface area contributed by atoms with Crippen LogP contribution in [-0.4, -0.2) is 35.4 Å². The lowest BCUT2D eigenvalue weighted by Gasteiger charge is -2.09. The number of ether oxygens (including phenoxy) is 1. The van der Waals surface area contributed by atoms with E-state index in [9.17, 15) is 0 Å². The zero-order valence-corrected chi connectivity index (χ0v) is 14.1. The van der Waals surface area contributed by atoms with E-state index in [2.05, 4.69) is 21.3 Å². The second-order valence-corrected chi connectivity index (χ2v) is 7.43. The van der Waals surface area contributed by atoms with Gasteiger partial charge in [-0.15, -0.1) is 23.1 Å². The summed E-state index contributed by atoms with van der Waals surface area (Å²) < 4.78 is 7.31. The smallest absolute Gasteiger partial charge is 0.194 e. The van der Waals surface area contributed by atoms with Crippen molar-refractivity contribution in [2.24, 2.45) is 5.92 Å². The van der Waals surface area contributed by atoms with Crippen molar-refractivity contribution < 1.29 is 4.74 Å². The monoisotopic (exact) mass is 325 g/mol. The Balaban J connectivity index is 1.65. The predicted molar refractivity (Wildman–Crippen MR) is 89.3 cm³/mol. The molecule has 1 fully saturated rings. The number of aromatic nitrogens is 2. The lowest BCUT2D eigenvalue weighted by atomic mass is 10.1. The highest BCUT2D eigenvalue weighted by Gasteiger charge is 2.18. The minimum Gasteiger partial charge on any atom is -0.383 e. The van der Waals surface area contributed by atoms with Crippen LogP contribution in [0.4, 0.5) is 0 Å². The number of rotatable bonds is 8. The van der Waals surface area contributed by atoms with Crippen molar-refractivity contribution in [2.75, 3.05) is 26.0 Å². The molecule has 0 amide bonds. The van der Waals surface area contributed by atoms with Gasteiger partial charge in [-0.1, -0.05) is 12.8 Å². The van der Waals surface area contributed by atoms with Crippen molar-refractivity contribution in [3.63, 3.8) is 0 Å². The van der Waals surface area contributed by atoms with Gasteiger partial charge in [-0.2, -0.15) is 0 Å². The van der Waals surface area contributed by atoms with Crippen LogP contribution in [0.25, 0.3) is 4.96 Å². The molecule has 1 aliphatic rings. The molecule has 21 heavy (non-hydrogen) atoms. The Kier molecular flexibility index (Phi) is 5.57. The Morgan fingerprint density at radius 3 is 3.14 bits per heavy atom. The first-order valence-corrected chi connectivity index (χ1v) is 9.52. The van der Waals surface area contributed by atoms with Crippen LogP contribution in [0.1, 0.15) is 31.4 Å². The molecule has 1 saturated carbocycles. The quantitative estimate of drug-likeness (QED) is 0.596. The second kappa shape index (κ2) is 7.63. The standard InChI is InChI=1S/C15H23N3OS2/c1-19-8-6-16-10-13-14(17-15-18(13)7-9-20-15)21-11-12-4-2-3-5-12/h7,9,12,16H,2-6,8,10-11H2,1H3. The molecule has 0 unspecified atom stereocenters. The van der Waals surface area contributed by atoms with Crippen molar-refractivity contribution in [1.29, 1.82) is 0 Å². The van der Waals surface area contributed by atoms with Gasteiger partial charge >= 0.3 is 0 Å². The highest BCUT2D eigenvalue weighted by molar-refractivity contribution is 7.99. The van der Waals surface area contributed by atoms with Gasteiger partial charge in [-0.3, -0.25) is 4.40 Å². The van der Waals surface area contributed by atoms with E-state index < -0.39 is 0 Å². The summed E-state index contributed by atoms with van der Waals surface area (Å²) in [4.78, 5) is 5.91. The minimum absolute atomic E-state index is 0.746. The molecule has 0 aromatic carbocycles. The first-order chi connectivity index (χ1) is 10.4. The Bertz CT molecular complexity index is 560. The lowest BCUT2D eigenvalue weighted by molar-refractivity contribution is 0.199. The zero-order chi connectivity index (χ0) is 14.5. The molecule has 0 atom stereocenters. The van der Waals surface area contributed by atoms with Crippen LogP contribution in [0.15, 0.2) is 16.6 Å². The molecule has 0 aliphatic heterocycles. The van der Waals surface area contributed by atoms with Gasteiger partial charge in [0, 0.05) is 37.5 Å². The average molecular weight is 326 g/mol. The number of nitrogens with one attached hydrogen (secondary N) is 1. The van der Waals surface area contributed by atoms with Gasteiger partial charge in [-0.05, 0) is 18.8 Å². The molecular weight excluding hydrogens is 302 g/mol. The number of fused-ring (bicyclic) bond motifs is 1. The van der Waals surface area contributed by atoms with Gasteiger partial charge in [0.05, 0.1) is 12.3 Å². The van der Waals surface area contributed by atoms with Crippen LogP contribution in [-0.2, 0) is 11.3 Å². The Morgan fingerprint density at radius 2 is 2.33 bits per heavy atom. The fraction of sp³-hybridized carbons (Fsp3) is 0.667. The van der Waals surface area contributed by atoms with Crippen LogP contribution < -0.4 is 5.32 Å². The minimum atomic E-state index is 0.746. The van der Waals surface area contributed by atoms with Gasteiger partial charge < -0.3 is 10.1 Å². The van der Waals surface area contributed by atoms with E-state index in [4.69, 9.17) is 9.72 Å². The van der Waals surface area contributed by atoms with Crippen molar-refractivity contribution in [3.05, 3.63) is 17.3 Å². The van der Waals surface area contributed by atoms with E-state index in [1.165, 1.54) is 42.2 Å². The molecule has 1 aliphatic carbocycles. The molecule has 0 saturated heterocycles. The van der Waals surface area contributed by atoms with Crippen molar-refractivity contribution in [3.8, 4) is 0 Å². The summed E-state index contributed by atoms with van der Waals surface area (Å²) in [7, 11) is 1.74. The van der Waals surface area contributed by atoms with Crippen molar-refractivity contribution in [1.82, 2.24) is 14.7 Å². The normalized spacial score (nSPS) is 16.2. The number of hydrogen-bond donors (Lipinski definition) is 1. The fourth-order valence-corrected chi connectivity index (χ4v) is 4.85. The Hall–Kier alpha value is -0.560. The predicted octanol–water partition coefficient (Wildman–Crippen LogP) is 3.41. The summed E-state index contributed by atoms with van der Waals surface area (Å²) in [6.07, 6.45) is 7.75. The molecule has 0 bridgehead atoms. The molecule has 0 radical (unpaired) electrons. The maximum atomic E-state index is 5.09. The van der Waals surface area contributed by atoms with Gasteiger partial charge in [0.15, 0.2) is 4.96 Å². The van der Waals surface area contributed by atoms with E-state index >= 15 is 0 Å². The first kappa shape index (κ1) is 15.3. The molecule has 116 valence electrons. The number of hydrogen-bond acceptors (Lipinski definition) is 5. The maximum Gasteiger partial charge on any atom is 0.194 e. The highest BCUT2D eigenvalue weighted by Crippen LogP contribution is 2.33. The SMILES string of the molecule is COCCNCc1c(SCC2CCCC2)nc2sccn12. The molecule has 1 N–H and O–H groups in total. The summed E-state index contributed by atoms with van der Waals surface area (Å²) in [5, 5.41) is 6.76. The van der Waals surface area contributed by atoms with Crippen LogP contribution in [0.3, 0.4) is 0 Å². The number of thioether (sulfide) groups is 1. The van der Waals surface area contributed by atoms with Gasteiger partial charge in [0.1, 0.15) is 5.03 Å². The lowest BCUT2D eigenvalue weighted by Crippen LogP contribution is -2.19.